The van der Waals surface area contributed by atoms with Crippen molar-refractivity contribution in [2.45, 2.75) is 29.6 Å². The number of aromatic carboxylic acids is 2. The van der Waals surface area contributed by atoms with Crippen LogP contribution in [-0.4, -0.2) is 51.8 Å². The summed E-state index contributed by atoms with van der Waals surface area (Å²) in [5.74, 6) is -12.9. The summed E-state index contributed by atoms with van der Waals surface area (Å²) >= 11 is 4.24. The summed E-state index contributed by atoms with van der Waals surface area (Å²) in [4.78, 5) is 21.7. The molecule has 6 nitrogen and oxygen atoms in total. The second-order valence-electron chi connectivity index (χ2n) is 5.15. The summed E-state index contributed by atoms with van der Waals surface area (Å²) in [6.45, 7) is 0. The molecule has 0 radical (unpaired) electrons. The van der Waals surface area contributed by atoms with Crippen molar-refractivity contribution in [2.75, 3.05) is 0 Å². The molecule has 1 atom stereocenters. The number of ether oxygens (including phenoxy) is 2. The van der Waals surface area contributed by atoms with Crippen molar-refractivity contribution in [3.8, 4) is 5.75 Å². The summed E-state index contributed by atoms with van der Waals surface area (Å²) in [5, 5.41) is 11.6. The van der Waals surface area contributed by atoms with Crippen molar-refractivity contribution in [3.05, 3.63) is 29.3 Å². The lowest BCUT2D eigenvalue weighted by atomic mass is 10.1. The van der Waals surface area contributed by atoms with Gasteiger partial charge in [-0.25, -0.2) is 9.59 Å². The van der Waals surface area contributed by atoms with E-state index in [0.717, 1.165) is 0 Å². The van der Waals surface area contributed by atoms with Gasteiger partial charge in [0.2, 0.25) is 0 Å². The quantitative estimate of drug-likeness (QED) is 0.411. The maximum absolute atomic E-state index is 13.8. The molecule has 0 amide bonds. The Kier molecular flexibility index (Phi) is 6.51. The summed E-state index contributed by atoms with van der Waals surface area (Å²) < 4.78 is 135. The SMILES string of the molecule is O=C(O)c1ccc(C(=O)O)c(OC(F)(F)C(F)(Cl)OC(F)(F)C(F)(F)C(F)(F)F)c1. The third-order valence-corrected chi connectivity index (χ3v) is 3.31. The molecule has 0 spiro atoms. The molecule has 0 aromatic heterocycles. The molecule has 0 bridgehead atoms. The zero-order valence-electron chi connectivity index (χ0n) is 13.4. The van der Waals surface area contributed by atoms with Gasteiger partial charge in [-0.1, -0.05) is 0 Å². The number of halogens is 11. The number of carboxylic acid groups (broad SMARTS) is 2. The highest BCUT2D eigenvalue weighted by Gasteiger charge is 2.78. The van der Waals surface area contributed by atoms with Gasteiger partial charge in [0.25, 0.3) is 0 Å². The molecule has 0 aliphatic heterocycles. The average molecular weight is 483 g/mol. The van der Waals surface area contributed by atoms with Gasteiger partial charge >= 0.3 is 41.6 Å². The van der Waals surface area contributed by atoms with Crippen LogP contribution in [0.5, 0.6) is 5.75 Å². The summed E-state index contributed by atoms with van der Waals surface area (Å²) in [5.41, 5.74) is -2.28. The predicted molar refractivity (Wildman–Crippen MR) is 72.7 cm³/mol. The standard InChI is InChI=1S/C13H5ClF10O6/c14-10(17,30-12(21,22)9(15,16)11(18,19)20)13(23,24)29-6-3-4(7(25)26)1-2-5(6)8(27)28/h1-3H,(H,25,26)(H,27,28). The molecular weight excluding hydrogens is 478 g/mol. The minimum absolute atomic E-state index is 0.0229. The molecule has 1 aromatic carbocycles. The second kappa shape index (κ2) is 7.64. The van der Waals surface area contributed by atoms with Gasteiger partial charge in [0.1, 0.15) is 11.3 Å². The van der Waals surface area contributed by atoms with Crippen molar-refractivity contribution < 1.29 is 73.2 Å². The van der Waals surface area contributed by atoms with Gasteiger partial charge in [-0.05, 0) is 29.8 Å². The van der Waals surface area contributed by atoms with E-state index >= 15 is 0 Å². The Morgan fingerprint density at radius 2 is 1.33 bits per heavy atom. The predicted octanol–water partition coefficient (Wildman–Crippen LogP) is 4.72. The van der Waals surface area contributed by atoms with Gasteiger partial charge in [0.05, 0.1) is 5.56 Å². The fraction of sp³-hybridized carbons (Fsp3) is 0.385. The van der Waals surface area contributed by atoms with Gasteiger partial charge in [0.15, 0.2) is 0 Å². The van der Waals surface area contributed by atoms with Crippen LogP contribution in [0.25, 0.3) is 0 Å². The highest BCUT2D eigenvalue weighted by Crippen LogP contribution is 2.52. The first-order valence-corrected chi connectivity index (χ1v) is 7.12. The molecule has 0 fully saturated rings. The van der Waals surface area contributed by atoms with E-state index in [0.29, 0.717) is 12.1 Å². The lowest BCUT2D eigenvalue weighted by Gasteiger charge is -2.34. The van der Waals surface area contributed by atoms with E-state index in [1.54, 1.807) is 0 Å². The Hall–Kier alpha value is -2.49. The van der Waals surface area contributed by atoms with Crippen molar-refractivity contribution in [1.29, 1.82) is 0 Å². The maximum Gasteiger partial charge on any atom is 0.476 e. The molecule has 0 saturated carbocycles. The topological polar surface area (TPSA) is 93.1 Å². The molecule has 0 heterocycles. The van der Waals surface area contributed by atoms with E-state index in [9.17, 15) is 53.5 Å². The number of benzene rings is 1. The summed E-state index contributed by atoms with van der Waals surface area (Å²) in [6, 6.07) is 0.891. The average Bonchev–Trinajstić information content (AvgIpc) is 2.51. The lowest BCUT2D eigenvalue weighted by molar-refractivity contribution is -0.469. The molecule has 1 unspecified atom stereocenters. The highest BCUT2D eigenvalue weighted by molar-refractivity contribution is 6.22. The second-order valence-corrected chi connectivity index (χ2v) is 5.63. The first-order chi connectivity index (χ1) is 13.2. The lowest BCUT2D eigenvalue weighted by Crippen LogP contribution is -2.59. The minimum Gasteiger partial charge on any atom is -0.478 e. The van der Waals surface area contributed by atoms with Gasteiger partial charge in [0, 0.05) is 0 Å². The zero-order chi connectivity index (χ0) is 23.9. The number of alkyl halides is 11. The van der Waals surface area contributed by atoms with E-state index in [-0.39, 0.29) is 6.07 Å². The molecule has 2 N–H and O–H groups in total. The molecular formula is C13H5ClF10O6. The van der Waals surface area contributed by atoms with Crippen LogP contribution in [0.4, 0.5) is 43.9 Å². The van der Waals surface area contributed by atoms with Crippen LogP contribution in [0, 0.1) is 0 Å². The van der Waals surface area contributed by atoms with E-state index in [1.165, 1.54) is 0 Å². The zero-order valence-corrected chi connectivity index (χ0v) is 14.2. The third kappa shape index (κ3) is 4.80. The van der Waals surface area contributed by atoms with Gasteiger partial charge in [-0.15, -0.1) is 0 Å². The van der Waals surface area contributed by atoms with Crippen LogP contribution in [0.3, 0.4) is 0 Å². The van der Waals surface area contributed by atoms with Crippen molar-refractivity contribution in [2.24, 2.45) is 0 Å². The van der Waals surface area contributed by atoms with Crippen LogP contribution in [0.1, 0.15) is 20.7 Å². The van der Waals surface area contributed by atoms with Gasteiger partial charge in [-0.3, -0.25) is 4.74 Å². The molecule has 0 aliphatic carbocycles. The first kappa shape index (κ1) is 25.5. The molecule has 1 rings (SSSR count). The van der Waals surface area contributed by atoms with Gasteiger partial charge in [-0.2, -0.15) is 43.9 Å². The Morgan fingerprint density at radius 3 is 1.73 bits per heavy atom. The monoisotopic (exact) mass is 482 g/mol. The molecule has 0 saturated heterocycles. The Morgan fingerprint density at radius 1 is 0.833 bits per heavy atom. The van der Waals surface area contributed by atoms with E-state index in [2.05, 4.69) is 21.1 Å². The van der Waals surface area contributed by atoms with Crippen molar-refractivity contribution in [1.82, 2.24) is 0 Å². The van der Waals surface area contributed by atoms with E-state index in [4.69, 9.17) is 10.2 Å². The number of hydrogen-bond acceptors (Lipinski definition) is 4. The number of hydrogen-bond donors (Lipinski definition) is 2. The smallest absolute Gasteiger partial charge is 0.476 e. The first-order valence-electron chi connectivity index (χ1n) is 6.74. The largest absolute Gasteiger partial charge is 0.478 e. The fourth-order valence-electron chi connectivity index (χ4n) is 1.56. The Bertz CT molecular complexity index is 838. The van der Waals surface area contributed by atoms with Crippen LogP contribution < -0.4 is 4.74 Å². The van der Waals surface area contributed by atoms with E-state index < -0.39 is 58.4 Å². The summed E-state index contributed by atoms with van der Waals surface area (Å²) in [6.07, 6.45) is -20.1. The van der Waals surface area contributed by atoms with E-state index in [1.807, 2.05) is 0 Å². The molecule has 17 heteroatoms. The van der Waals surface area contributed by atoms with Crippen LogP contribution in [0.2, 0.25) is 0 Å². The molecule has 0 aliphatic rings. The fourth-order valence-corrected chi connectivity index (χ4v) is 1.70. The van der Waals surface area contributed by atoms with Crippen molar-refractivity contribution in [3.63, 3.8) is 0 Å². The third-order valence-electron chi connectivity index (χ3n) is 3.01. The summed E-state index contributed by atoms with van der Waals surface area (Å²) in [7, 11) is 0. The van der Waals surface area contributed by atoms with Crippen LogP contribution in [-0.2, 0) is 4.74 Å². The minimum atomic E-state index is -7.20. The molecule has 170 valence electrons. The van der Waals surface area contributed by atoms with Crippen LogP contribution >= 0.6 is 11.6 Å². The van der Waals surface area contributed by atoms with Crippen molar-refractivity contribution >= 4 is 23.5 Å². The van der Waals surface area contributed by atoms with Crippen LogP contribution in [0.15, 0.2) is 18.2 Å². The number of carbonyl (C=O) groups is 2. The highest BCUT2D eigenvalue weighted by atomic mass is 35.5. The van der Waals surface area contributed by atoms with Gasteiger partial charge < -0.3 is 14.9 Å². The molecule has 30 heavy (non-hydrogen) atoms. The number of carboxylic acids is 2. The normalized spacial score (nSPS) is 15.4. The maximum atomic E-state index is 13.8. The number of rotatable bonds is 8. The Labute approximate surface area is 162 Å². The molecule has 1 aromatic rings. The Balaban J connectivity index is 3.36.